The van der Waals surface area contributed by atoms with E-state index in [9.17, 15) is 14.7 Å². The smallest absolute Gasteiger partial charge is 0.328 e. The van der Waals surface area contributed by atoms with Crippen LogP contribution in [0, 0.1) is 0 Å². The molecule has 0 aliphatic heterocycles. The van der Waals surface area contributed by atoms with Crippen molar-refractivity contribution in [2.24, 2.45) is 4.99 Å². The van der Waals surface area contributed by atoms with E-state index in [4.69, 9.17) is 9.84 Å². The zero-order chi connectivity index (χ0) is 16.5. The molecule has 1 atom stereocenters. The molecule has 22 heavy (non-hydrogen) atoms. The van der Waals surface area contributed by atoms with Crippen molar-refractivity contribution in [1.82, 2.24) is 4.90 Å². The molecule has 7 heteroatoms. The average molecular weight is 307 g/mol. The van der Waals surface area contributed by atoms with E-state index < -0.39 is 18.1 Å². The first-order valence-corrected chi connectivity index (χ1v) is 6.74. The van der Waals surface area contributed by atoms with Gasteiger partial charge in [0.25, 0.3) is 0 Å². The van der Waals surface area contributed by atoms with Crippen LogP contribution in [0.4, 0.5) is 0 Å². The van der Waals surface area contributed by atoms with Gasteiger partial charge in [0.2, 0.25) is 5.91 Å². The molecule has 1 rings (SSSR count). The minimum absolute atomic E-state index is 0.000564. The molecular formula is C15H19N2O5-. The molecule has 1 N–H and O–H groups in total. The van der Waals surface area contributed by atoms with Crippen LogP contribution in [-0.2, 0) is 20.9 Å². The number of carbonyl (C=O) groups is 2. The van der Waals surface area contributed by atoms with Crippen molar-refractivity contribution >= 4 is 18.0 Å². The fraction of sp³-hybridized carbons (Fsp3) is 0.400. The largest absolute Gasteiger partial charge is 0.596 e. The number of aliphatic carboxylic acids is 1. The second-order valence-electron chi connectivity index (χ2n) is 4.85. The Balaban J connectivity index is 2.56. The second-order valence-corrected chi connectivity index (χ2v) is 4.85. The molecule has 0 heterocycles. The lowest BCUT2D eigenvalue weighted by atomic mass is 10.1. The second kappa shape index (κ2) is 8.66. The van der Waals surface area contributed by atoms with Crippen LogP contribution in [0.5, 0.6) is 0 Å². The molecule has 0 spiro atoms. The van der Waals surface area contributed by atoms with Gasteiger partial charge >= 0.3 is 5.97 Å². The number of nitrogens with zero attached hydrogens (tertiary/aromatic N) is 2. The Kier molecular flexibility index (Phi) is 6.88. The number of rotatable bonds is 7. The topological polar surface area (TPSA) is 102 Å². The van der Waals surface area contributed by atoms with Crippen molar-refractivity contribution < 1.29 is 24.5 Å². The van der Waals surface area contributed by atoms with Crippen molar-refractivity contribution in [1.29, 1.82) is 0 Å². The van der Waals surface area contributed by atoms with Gasteiger partial charge in [-0.15, -0.1) is 0 Å². The van der Waals surface area contributed by atoms with Gasteiger partial charge in [-0.3, -0.25) is 9.79 Å². The van der Waals surface area contributed by atoms with E-state index in [2.05, 4.69) is 4.99 Å². The van der Waals surface area contributed by atoms with Crippen LogP contribution in [-0.4, -0.2) is 48.1 Å². The van der Waals surface area contributed by atoms with E-state index in [0.717, 1.165) is 5.56 Å². The summed E-state index contributed by atoms with van der Waals surface area (Å²) in [6.45, 7) is 0.0200. The third-order valence-corrected chi connectivity index (χ3v) is 2.88. The Hall–Kier alpha value is -2.57. The third-order valence-electron chi connectivity index (χ3n) is 2.88. The Morgan fingerprint density at radius 1 is 1.32 bits per heavy atom. The minimum atomic E-state index is -1.29. The third kappa shape index (κ3) is 6.25. The highest BCUT2D eigenvalue weighted by Crippen LogP contribution is 2.06. The van der Waals surface area contributed by atoms with Crippen LogP contribution in [0.2, 0.25) is 0 Å². The lowest BCUT2D eigenvalue weighted by Crippen LogP contribution is -2.29. The first-order chi connectivity index (χ1) is 10.4. The number of hydrogen-bond acceptors (Lipinski definition) is 5. The van der Waals surface area contributed by atoms with Gasteiger partial charge in [-0.1, -0.05) is 30.3 Å². The number of aliphatic imine (C=N–C) groups is 1. The summed E-state index contributed by atoms with van der Waals surface area (Å²) < 4.78 is 4.90. The maximum atomic E-state index is 11.6. The van der Waals surface area contributed by atoms with E-state index in [-0.39, 0.29) is 25.4 Å². The molecule has 0 radical (unpaired) electrons. The molecule has 1 unspecified atom stereocenters. The molecule has 0 saturated carbocycles. The first kappa shape index (κ1) is 17.5. The van der Waals surface area contributed by atoms with Gasteiger partial charge in [0.15, 0.2) is 0 Å². The molecule has 0 aliphatic carbocycles. The van der Waals surface area contributed by atoms with Crippen molar-refractivity contribution in [3.63, 3.8) is 0 Å². The Morgan fingerprint density at radius 3 is 2.50 bits per heavy atom. The summed E-state index contributed by atoms with van der Waals surface area (Å²) >= 11 is 0. The molecule has 0 bridgehead atoms. The summed E-state index contributed by atoms with van der Waals surface area (Å²) in [5.41, 5.74) is 0.778. The summed E-state index contributed by atoms with van der Waals surface area (Å²) in [6.07, 6.45) is -1.000. The Bertz CT molecular complexity index is 528. The normalized spacial score (nSPS) is 12.5. The number of carboxylic acids is 1. The fourth-order valence-corrected chi connectivity index (χ4v) is 1.61. The number of benzene rings is 1. The maximum Gasteiger partial charge on any atom is 0.328 e. The molecule has 1 aromatic carbocycles. The minimum Gasteiger partial charge on any atom is -0.596 e. The number of carboxylic acid groups (broad SMARTS) is 1. The number of hydrogen-bond donors (Lipinski definition) is 1. The van der Waals surface area contributed by atoms with Crippen LogP contribution in [0.25, 0.3) is 0 Å². The van der Waals surface area contributed by atoms with Gasteiger partial charge in [-0.2, -0.15) is 0 Å². The molecular weight excluding hydrogens is 288 g/mol. The lowest BCUT2D eigenvalue weighted by molar-refractivity contribution is -0.252. The van der Waals surface area contributed by atoms with Gasteiger partial charge in [0, 0.05) is 27.1 Å². The number of ether oxygens (including phenoxy) is 1. The highest BCUT2D eigenvalue weighted by Gasteiger charge is 2.18. The van der Waals surface area contributed by atoms with Crippen LogP contribution in [0.1, 0.15) is 18.4 Å². The standard InChI is InChI=1S/C15H20N2O5/c1-17(2)13(18)9-8-12(14(19)20)16-15(21)22-10-11-6-4-3-5-7-11/h3-7,12H,8-10H2,1-2H3,(H,16,21)(H,19,20)/p-1. The van der Waals surface area contributed by atoms with Crippen LogP contribution < -0.4 is 5.11 Å². The summed E-state index contributed by atoms with van der Waals surface area (Å²) in [4.78, 5) is 27.4. The molecule has 1 amide bonds. The summed E-state index contributed by atoms with van der Waals surface area (Å²) in [6, 6.07) is 7.69. The molecule has 0 aromatic heterocycles. The summed E-state index contributed by atoms with van der Waals surface area (Å²) in [5, 5.41) is 20.6. The van der Waals surface area contributed by atoms with E-state index in [0.29, 0.717) is 0 Å². The van der Waals surface area contributed by atoms with Gasteiger partial charge in [-0.05, 0) is 12.0 Å². The SMILES string of the molecule is CN(C)C(=O)CCC(N=C([O-])OCc1ccccc1)C(=O)O. The number of carbonyl (C=O) groups excluding carboxylic acids is 1. The molecule has 0 fully saturated rings. The summed E-state index contributed by atoms with van der Waals surface area (Å²) in [5.74, 6) is -1.48. The maximum absolute atomic E-state index is 11.6. The van der Waals surface area contributed by atoms with Crippen molar-refractivity contribution in [2.45, 2.75) is 25.5 Å². The van der Waals surface area contributed by atoms with Gasteiger partial charge in [0.05, 0.1) is 0 Å². The van der Waals surface area contributed by atoms with Crippen molar-refractivity contribution in [3.05, 3.63) is 35.9 Å². The predicted molar refractivity (Wildman–Crippen MR) is 78.0 cm³/mol. The van der Waals surface area contributed by atoms with E-state index >= 15 is 0 Å². The monoisotopic (exact) mass is 307 g/mol. The highest BCUT2D eigenvalue weighted by molar-refractivity contribution is 5.79. The predicted octanol–water partition coefficient (Wildman–Crippen LogP) is 0.241. The zero-order valence-electron chi connectivity index (χ0n) is 12.6. The highest BCUT2D eigenvalue weighted by atomic mass is 16.6. The quantitative estimate of drug-likeness (QED) is 0.574. The first-order valence-electron chi connectivity index (χ1n) is 6.74. The lowest BCUT2D eigenvalue weighted by Gasteiger charge is -2.17. The average Bonchev–Trinajstić information content (AvgIpc) is 2.49. The van der Waals surface area contributed by atoms with E-state index in [1.54, 1.807) is 38.4 Å². The van der Waals surface area contributed by atoms with Crippen molar-refractivity contribution in [3.8, 4) is 0 Å². The Labute approximate surface area is 128 Å². The van der Waals surface area contributed by atoms with Crippen LogP contribution in [0.3, 0.4) is 0 Å². The fourth-order valence-electron chi connectivity index (χ4n) is 1.61. The summed E-state index contributed by atoms with van der Waals surface area (Å²) in [7, 11) is 3.15. The number of amides is 1. The van der Waals surface area contributed by atoms with E-state index in [1.165, 1.54) is 4.90 Å². The molecule has 0 aliphatic rings. The van der Waals surface area contributed by atoms with E-state index in [1.807, 2.05) is 6.07 Å². The Morgan fingerprint density at radius 2 is 1.95 bits per heavy atom. The molecule has 0 saturated heterocycles. The molecule has 1 aromatic rings. The zero-order valence-corrected chi connectivity index (χ0v) is 12.6. The molecule has 120 valence electrons. The van der Waals surface area contributed by atoms with Gasteiger partial charge < -0.3 is 19.8 Å². The van der Waals surface area contributed by atoms with Crippen LogP contribution in [0.15, 0.2) is 35.3 Å². The van der Waals surface area contributed by atoms with Gasteiger partial charge in [0.1, 0.15) is 12.1 Å². The molecule has 7 nitrogen and oxygen atoms in total. The van der Waals surface area contributed by atoms with Crippen molar-refractivity contribution in [2.75, 3.05) is 14.1 Å². The van der Waals surface area contributed by atoms with Crippen LogP contribution >= 0.6 is 0 Å². The van der Waals surface area contributed by atoms with Gasteiger partial charge in [-0.25, -0.2) is 4.79 Å².